The molecule has 0 fully saturated rings. The highest BCUT2D eigenvalue weighted by molar-refractivity contribution is 6.06. The van der Waals surface area contributed by atoms with Crippen LogP contribution in [0.15, 0.2) is 58.4 Å². The summed E-state index contributed by atoms with van der Waals surface area (Å²) >= 11 is 0. The van der Waals surface area contributed by atoms with E-state index in [0.29, 0.717) is 23.0 Å². The summed E-state index contributed by atoms with van der Waals surface area (Å²) in [5, 5.41) is 18.5. The fourth-order valence-corrected chi connectivity index (χ4v) is 2.57. The lowest BCUT2D eigenvalue weighted by Crippen LogP contribution is -2.28. The van der Waals surface area contributed by atoms with Crippen molar-refractivity contribution in [2.45, 2.75) is 20.4 Å². The monoisotopic (exact) mass is 350 g/mol. The number of rotatable bonds is 4. The molecule has 2 aromatic carbocycles. The van der Waals surface area contributed by atoms with E-state index in [0.717, 1.165) is 5.56 Å². The van der Waals surface area contributed by atoms with Crippen LogP contribution in [-0.2, 0) is 6.54 Å². The molecule has 132 valence electrons. The number of aryl methyl sites for hydroxylation is 1. The second kappa shape index (κ2) is 7.18. The van der Waals surface area contributed by atoms with Gasteiger partial charge in [0.1, 0.15) is 5.75 Å². The number of hydrogen-bond donors (Lipinski definition) is 2. The summed E-state index contributed by atoms with van der Waals surface area (Å²) in [7, 11) is 0. The Balaban J connectivity index is 1.95. The van der Waals surface area contributed by atoms with Crippen LogP contribution >= 0.6 is 0 Å². The Morgan fingerprint density at radius 1 is 1.15 bits per heavy atom. The fourth-order valence-electron chi connectivity index (χ4n) is 2.57. The van der Waals surface area contributed by atoms with Gasteiger partial charge in [-0.25, -0.2) is 10.1 Å². The molecule has 1 amide bonds. The first-order valence-corrected chi connectivity index (χ1v) is 8.15. The van der Waals surface area contributed by atoms with Crippen molar-refractivity contribution < 1.29 is 9.90 Å². The second-order valence-corrected chi connectivity index (χ2v) is 5.70. The molecule has 0 saturated carbocycles. The summed E-state index contributed by atoms with van der Waals surface area (Å²) in [6, 6.07) is 13.4. The van der Waals surface area contributed by atoms with Crippen LogP contribution in [0.1, 0.15) is 29.9 Å². The highest BCUT2D eigenvalue weighted by Gasteiger charge is 2.16. The van der Waals surface area contributed by atoms with E-state index < -0.39 is 5.91 Å². The largest absolute Gasteiger partial charge is 0.508 e. The zero-order valence-electron chi connectivity index (χ0n) is 14.4. The molecule has 7 heteroatoms. The molecule has 1 heterocycles. The molecule has 1 aromatic heterocycles. The molecule has 26 heavy (non-hydrogen) atoms. The third kappa shape index (κ3) is 3.32. The number of aromatic nitrogens is 2. The van der Waals surface area contributed by atoms with E-state index in [9.17, 15) is 14.7 Å². The molecule has 3 rings (SSSR count). The van der Waals surface area contributed by atoms with Gasteiger partial charge < -0.3 is 5.11 Å². The molecule has 0 unspecified atom stereocenters. The molecule has 0 bridgehead atoms. The van der Waals surface area contributed by atoms with Gasteiger partial charge in [0.05, 0.1) is 11.1 Å². The Kier molecular flexibility index (Phi) is 4.79. The molecular weight excluding hydrogens is 332 g/mol. The molecule has 7 nitrogen and oxygen atoms in total. The molecule has 0 aliphatic heterocycles. The van der Waals surface area contributed by atoms with Crippen molar-refractivity contribution in [3.8, 4) is 5.75 Å². The zero-order chi connectivity index (χ0) is 18.7. The van der Waals surface area contributed by atoms with Gasteiger partial charge in [-0.1, -0.05) is 18.2 Å². The van der Waals surface area contributed by atoms with Crippen LogP contribution in [0.2, 0.25) is 0 Å². The Hall–Kier alpha value is -3.48. The molecule has 2 N–H and O–H groups in total. The summed E-state index contributed by atoms with van der Waals surface area (Å²) in [5.41, 5.74) is 3.73. The number of carbonyl (C=O) groups excluding carboxylic acids is 1. The first-order valence-electron chi connectivity index (χ1n) is 8.15. The minimum Gasteiger partial charge on any atom is -0.508 e. The van der Waals surface area contributed by atoms with Crippen molar-refractivity contribution in [2.75, 3.05) is 0 Å². The zero-order valence-corrected chi connectivity index (χ0v) is 14.4. The van der Waals surface area contributed by atoms with Gasteiger partial charge in [0.15, 0.2) is 5.69 Å². The Labute approximate surface area is 149 Å². The van der Waals surface area contributed by atoms with Crippen molar-refractivity contribution >= 4 is 22.4 Å². The number of aromatic hydroxyl groups is 1. The molecule has 3 aromatic rings. The average Bonchev–Trinajstić information content (AvgIpc) is 2.67. The third-order valence-corrected chi connectivity index (χ3v) is 3.99. The third-order valence-electron chi connectivity index (χ3n) is 3.99. The smallest absolute Gasteiger partial charge is 0.292 e. The predicted molar refractivity (Wildman–Crippen MR) is 99.5 cm³/mol. The second-order valence-electron chi connectivity index (χ2n) is 5.70. The summed E-state index contributed by atoms with van der Waals surface area (Å²) in [6.07, 6.45) is 0. The fraction of sp³-hybridized carbons (Fsp3) is 0.158. The van der Waals surface area contributed by atoms with E-state index in [-0.39, 0.29) is 17.0 Å². The lowest BCUT2D eigenvalue weighted by atomic mass is 10.1. The number of benzene rings is 2. The molecule has 0 atom stereocenters. The van der Waals surface area contributed by atoms with Crippen LogP contribution in [0.4, 0.5) is 0 Å². The number of nitrogens with zero attached hydrogens (tertiary/aromatic N) is 3. The minimum atomic E-state index is -0.499. The van der Waals surface area contributed by atoms with E-state index >= 15 is 0 Å². The van der Waals surface area contributed by atoms with Gasteiger partial charge in [-0.15, -0.1) is 0 Å². The number of hydrogen-bond acceptors (Lipinski definition) is 5. The normalized spacial score (nSPS) is 11.5. The number of nitrogens with one attached hydrogen (secondary N) is 1. The van der Waals surface area contributed by atoms with Gasteiger partial charge in [-0.05, 0) is 49.7 Å². The number of carbonyl (C=O) groups is 1. The lowest BCUT2D eigenvalue weighted by molar-refractivity contribution is 0.0949. The van der Waals surface area contributed by atoms with Crippen LogP contribution in [0, 0.1) is 0 Å². The number of amides is 1. The molecular formula is C19H18N4O3. The predicted octanol–water partition coefficient (Wildman–Crippen LogP) is 2.28. The van der Waals surface area contributed by atoms with Crippen LogP contribution in [0.5, 0.6) is 5.75 Å². The molecule has 0 aliphatic carbocycles. The number of phenols is 1. The lowest BCUT2D eigenvalue weighted by Gasteiger charge is -2.09. The molecule has 0 spiro atoms. The highest BCUT2D eigenvalue weighted by Crippen LogP contribution is 2.14. The van der Waals surface area contributed by atoms with Crippen molar-refractivity contribution in [1.82, 2.24) is 15.2 Å². The standard InChI is InChI=1S/C19H18N4O3/c1-3-23-19(26)16-7-5-4-6-15(16)17(22-23)18(25)21-20-12(2)13-8-10-14(24)11-9-13/h4-11,24H,3H2,1-2H3,(H,21,25)/b20-12+. The van der Waals surface area contributed by atoms with Crippen molar-refractivity contribution in [1.29, 1.82) is 0 Å². The van der Waals surface area contributed by atoms with E-state index in [1.807, 2.05) is 0 Å². The van der Waals surface area contributed by atoms with Gasteiger partial charge >= 0.3 is 0 Å². The molecule has 0 aliphatic rings. The summed E-state index contributed by atoms with van der Waals surface area (Å²) in [6.45, 7) is 3.89. The highest BCUT2D eigenvalue weighted by atomic mass is 16.3. The van der Waals surface area contributed by atoms with Crippen molar-refractivity contribution in [3.05, 3.63) is 70.1 Å². The van der Waals surface area contributed by atoms with Crippen LogP contribution in [0.3, 0.4) is 0 Å². The van der Waals surface area contributed by atoms with Gasteiger partial charge in [0.25, 0.3) is 11.5 Å². The van der Waals surface area contributed by atoms with E-state index in [1.54, 1.807) is 62.4 Å². The maximum atomic E-state index is 12.6. The number of phenolic OH excluding ortho intramolecular Hbond substituents is 1. The van der Waals surface area contributed by atoms with Crippen molar-refractivity contribution in [2.24, 2.45) is 5.10 Å². The molecule has 0 radical (unpaired) electrons. The van der Waals surface area contributed by atoms with Crippen LogP contribution in [-0.4, -0.2) is 26.5 Å². The van der Waals surface area contributed by atoms with Crippen molar-refractivity contribution in [3.63, 3.8) is 0 Å². The van der Waals surface area contributed by atoms with Gasteiger partial charge in [0, 0.05) is 11.9 Å². The van der Waals surface area contributed by atoms with Crippen LogP contribution < -0.4 is 11.0 Å². The Morgan fingerprint density at radius 2 is 1.81 bits per heavy atom. The summed E-state index contributed by atoms with van der Waals surface area (Å²) in [4.78, 5) is 24.9. The maximum absolute atomic E-state index is 12.6. The first-order chi connectivity index (χ1) is 12.5. The SMILES string of the molecule is CCn1nc(C(=O)N/N=C(\C)c2ccc(O)cc2)c2ccccc2c1=O. The van der Waals surface area contributed by atoms with Gasteiger partial charge in [0.2, 0.25) is 0 Å². The quantitative estimate of drug-likeness (QED) is 0.557. The summed E-state index contributed by atoms with van der Waals surface area (Å²) in [5.74, 6) is -0.343. The van der Waals surface area contributed by atoms with E-state index in [2.05, 4.69) is 15.6 Å². The first kappa shape index (κ1) is 17.3. The maximum Gasteiger partial charge on any atom is 0.292 e. The van der Waals surface area contributed by atoms with Gasteiger partial charge in [-0.3, -0.25) is 9.59 Å². The van der Waals surface area contributed by atoms with E-state index in [4.69, 9.17) is 0 Å². The summed E-state index contributed by atoms with van der Waals surface area (Å²) < 4.78 is 1.26. The van der Waals surface area contributed by atoms with Crippen LogP contribution in [0.25, 0.3) is 10.8 Å². The number of fused-ring (bicyclic) bond motifs is 1. The molecule has 0 saturated heterocycles. The number of hydrazone groups is 1. The van der Waals surface area contributed by atoms with Gasteiger partial charge in [-0.2, -0.15) is 10.2 Å². The Bertz CT molecular complexity index is 1050. The Morgan fingerprint density at radius 3 is 2.46 bits per heavy atom. The minimum absolute atomic E-state index is 0.143. The van der Waals surface area contributed by atoms with E-state index in [1.165, 1.54) is 4.68 Å². The average molecular weight is 350 g/mol. The topological polar surface area (TPSA) is 96.6 Å².